The maximum absolute atomic E-state index is 12.8. The van der Waals surface area contributed by atoms with E-state index in [1.54, 1.807) is 11.3 Å². The zero-order valence-corrected chi connectivity index (χ0v) is 19.2. The minimum Gasteiger partial charge on any atom is -0.466 e. The summed E-state index contributed by atoms with van der Waals surface area (Å²) in [4.78, 5) is 33.9. The number of benzene rings is 1. The molecule has 0 N–H and O–H groups in total. The van der Waals surface area contributed by atoms with Crippen molar-refractivity contribution in [3.05, 3.63) is 50.7 Å². The van der Waals surface area contributed by atoms with Crippen LogP contribution < -0.4 is 5.63 Å². The van der Waals surface area contributed by atoms with Gasteiger partial charge in [0.15, 0.2) is 0 Å². The van der Waals surface area contributed by atoms with Gasteiger partial charge in [0.05, 0.1) is 12.5 Å². The van der Waals surface area contributed by atoms with Crippen LogP contribution in [0, 0.1) is 5.92 Å². The summed E-state index contributed by atoms with van der Waals surface area (Å²) in [6.07, 6.45) is 5.94. The first-order chi connectivity index (χ1) is 15.6. The Kier molecular flexibility index (Phi) is 6.11. The first-order valence-electron chi connectivity index (χ1n) is 11.6. The monoisotopic (exact) mass is 452 g/mol. The standard InChI is InChI=1S/C25H28N2O4S/c1-2-30-24(28)17-10-12-27(13-11-17)15-16-6-5-7-18(14-16)22-26-23-21(25(29)31-22)19-8-3-4-9-20(19)32-23/h5-7,14,17H,2-4,8-13,15H2,1H3. The van der Waals surface area contributed by atoms with E-state index in [4.69, 9.17) is 14.1 Å². The number of carbonyl (C=O) groups excluding carboxylic acids is 1. The lowest BCUT2D eigenvalue weighted by molar-refractivity contribution is -0.149. The number of hydrogen-bond acceptors (Lipinski definition) is 7. The first-order valence-corrected chi connectivity index (χ1v) is 12.4. The predicted molar refractivity (Wildman–Crippen MR) is 125 cm³/mol. The van der Waals surface area contributed by atoms with Crippen LogP contribution >= 0.6 is 11.3 Å². The molecule has 2 aliphatic rings. The van der Waals surface area contributed by atoms with E-state index in [2.05, 4.69) is 17.0 Å². The Balaban J connectivity index is 1.33. The Morgan fingerprint density at radius 3 is 2.88 bits per heavy atom. The van der Waals surface area contributed by atoms with Gasteiger partial charge < -0.3 is 9.15 Å². The van der Waals surface area contributed by atoms with Gasteiger partial charge in [-0.3, -0.25) is 9.69 Å². The fraction of sp³-hybridized carbons (Fsp3) is 0.480. The molecule has 1 saturated heterocycles. The quantitative estimate of drug-likeness (QED) is 0.528. The van der Waals surface area contributed by atoms with Crippen molar-refractivity contribution in [1.82, 2.24) is 9.88 Å². The zero-order chi connectivity index (χ0) is 22.1. The Morgan fingerprint density at radius 1 is 1.25 bits per heavy atom. The van der Waals surface area contributed by atoms with Gasteiger partial charge in [-0.25, -0.2) is 9.78 Å². The minimum absolute atomic E-state index is 0.0133. The SMILES string of the molecule is CCOC(=O)C1CCN(Cc2cccc(-c3nc4sc5c(c4c(=O)o3)CCCC5)c2)CC1. The molecule has 0 unspecified atom stereocenters. The third kappa shape index (κ3) is 4.24. The van der Waals surface area contributed by atoms with E-state index in [1.807, 2.05) is 19.1 Å². The van der Waals surface area contributed by atoms with Gasteiger partial charge in [0.1, 0.15) is 10.2 Å². The number of rotatable bonds is 5. The molecule has 7 heteroatoms. The number of carbonyl (C=O) groups is 1. The van der Waals surface area contributed by atoms with Crippen LogP contribution in [-0.2, 0) is 28.9 Å². The molecule has 1 fully saturated rings. The van der Waals surface area contributed by atoms with Crippen molar-refractivity contribution in [2.24, 2.45) is 5.92 Å². The summed E-state index contributed by atoms with van der Waals surface area (Å²) in [6, 6.07) is 8.08. The largest absolute Gasteiger partial charge is 0.466 e. The Hall–Kier alpha value is -2.51. The molecule has 1 aromatic carbocycles. The van der Waals surface area contributed by atoms with Crippen molar-refractivity contribution < 1.29 is 13.9 Å². The highest BCUT2D eigenvalue weighted by molar-refractivity contribution is 7.18. The average Bonchev–Trinajstić information content (AvgIpc) is 3.19. The highest BCUT2D eigenvalue weighted by atomic mass is 32.1. The van der Waals surface area contributed by atoms with E-state index < -0.39 is 0 Å². The normalized spacial score (nSPS) is 17.4. The maximum atomic E-state index is 12.8. The molecule has 1 aliphatic heterocycles. The summed E-state index contributed by atoms with van der Waals surface area (Å²) in [5.74, 6) is 0.337. The molecule has 6 nitrogen and oxygen atoms in total. The summed E-state index contributed by atoms with van der Waals surface area (Å²) in [5.41, 5.74) is 2.86. The van der Waals surface area contributed by atoms with Crippen LogP contribution in [0.1, 0.15) is 48.6 Å². The number of fused-ring (bicyclic) bond motifs is 3. The highest BCUT2D eigenvalue weighted by Gasteiger charge is 2.26. The molecule has 168 valence electrons. The molecule has 5 rings (SSSR count). The lowest BCUT2D eigenvalue weighted by atomic mass is 9.96. The number of piperidine rings is 1. The van der Waals surface area contributed by atoms with Crippen molar-refractivity contribution in [3.63, 3.8) is 0 Å². The minimum atomic E-state index is -0.268. The second-order valence-corrected chi connectivity index (χ2v) is 9.78. The van der Waals surface area contributed by atoms with E-state index >= 15 is 0 Å². The lowest BCUT2D eigenvalue weighted by Crippen LogP contribution is -2.36. The predicted octanol–water partition coefficient (Wildman–Crippen LogP) is 4.57. The topological polar surface area (TPSA) is 72.6 Å². The molecule has 3 aromatic rings. The molecule has 0 amide bonds. The summed E-state index contributed by atoms with van der Waals surface area (Å²) >= 11 is 1.64. The first kappa shape index (κ1) is 21.3. The number of likely N-dealkylation sites (tertiary alicyclic amines) is 1. The molecule has 0 atom stereocenters. The fourth-order valence-corrected chi connectivity index (χ4v) is 6.11. The van der Waals surface area contributed by atoms with Gasteiger partial charge in [-0.05, 0) is 81.8 Å². The molecule has 0 bridgehead atoms. The highest BCUT2D eigenvalue weighted by Crippen LogP contribution is 2.35. The van der Waals surface area contributed by atoms with Crippen LogP contribution in [0.5, 0.6) is 0 Å². The number of thiophene rings is 1. The van der Waals surface area contributed by atoms with E-state index in [9.17, 15) is 9.59 Å². The number of hydrogen-bond donors (Lipinski definition) is 0. The smallest absolute Gasteiger partial charge is 0.348 e. The van der Waals surface area contributed by atoms with E-state index in [1.165, 1.54) is 11.3 Å². The van der Waals surface area contributed by atoms with Gasteiger partial charge in [-0.2, -0.15) is 0 Å². The Morgan fingerprint density at radius 2 is 2.06 bits per heavy atom. The molecular weight excluding hydrogens is 424 g/mol. The zero-order valence-electron chi connectivity index (χ0n) is 18.4. The van der Waals surface area contributed by atoms with Crippen molar-refractivity contribution in [2.75, 3.05) is 19.7 Å². The van der Waals surface area contributed by atoms with Crippen LogP contribution in [0.25, 0.3) is 21.7 Å². The number of ether oxygens (including phenoxy) is 1. The van der Waals surface area contributed by atoms with Crippen molar-refractivity contribution in [2.45, 2.75) is 52.0 Å². The van der Waals surface area contributed by atoms with Crippen molar-refractivity contribution in [3.8, 4) is 11.5 Å². The molecule has 0 radical (unpaired) electrons. The molecule has 32 heavy (non-hydrogen) atoms. The third-order valence-corrected chi connectivity index (χ3v) is 7.72. The second-order valence-electron chi connectivity index (χ2n) is 8.70. The Labute approximate surface area is 191 Å². The van der Waals surface area contributed by atoms with Gasteiger partial charge in [-0.1, -0.05) is 12.1 Å². The van der Waals surface area contributed by atoms with Crippen molar-refractivity contribution >= 4 is 27.5 Å². The number of aryl methyl sites for hydroxylation is 2. The van der Waals surface area contributed by atoms with Crippen LogP contribution in [0.15, 0.2) is 33.5 Å². The van der Waals surface area contributed by atoms with E-state index in [0.717, 1.165) is 73.3 Å². The van der Waals surface area contributed by atoms with Crippen LogP contribution in [0.2, 0.25) is 0 Å². The van der Waals surface area contributed by atoms with E-state index in [-0.39, 0.29) is 17.5 Å². The average molecular weight is 453 g/mol. The molecule has 3 heterocycles. The summed E-state index contributed by atoms with van der Waals surface area (Å²) in [5, 5.41) is 0.689. The molecule has 2 aromatic heterocycles. The number of esters is 1. The summed E-state index contributed by atoms with van der Waals surface area (Å²) < 4.78 is 10.9. The second kappa shape index (κ2) is 9.16. The van der Waals surface area contributed by atoms with Crippen molar-refractivity contribution in [1.29, 1.82) is 0 Å². The van der Waals surface area contributed by atoms with Gasteiger partial charge in [0.25, 0.3) is 0 Å². The van der Waals surface area contributed by atoms with Gasteiger partial charge in [-0.15, -0.1) is 11.3 Å². The van der Waals surface area contributed by atoms with Crippen LogP contribution in [-0.4, -0.2) is 35.5 Å². The number of aromatic nitrogens is 1. The van der Waals surface area contributed by atoms with Crippen LogP contribution in [0.3, 0.4) is 0 Å². The maximum Gasteiger partial charge on any atom is 0.348 e. The van der Waals surface area contributed by atoms with Gasteiger partial charge >= 0.3 is 11.6 Å². The lowest BCUT2D eigenvalue weighted by Gasteiger charge is -2.30. The third-order valence-electron chi connectivity index (χ3n) is 6.54. The molecular formula is C25H28N2O4S. The Bertz CT molecular complexity index is 1190. The molecule has 0 saturated carbocycles. The van der Waals surface area contributed by atoms with Gasteiger partial charge in [0.2, 0.25) is 5.89 Å². The van der Waals surface area contributed by atoms with E-state index in [0.29, 0.717) is 17.9 Å². The summed E-state index contributed by atoms with van der Waals surface area (Å²) in [6.45, 7) is 4.82. The van der Waals surface area contributed by atoms with Crippen LogP contribution in [0.4, 0.5) is 0 Å². The summed E-state index contributed by atoms with van der Waals surface area (Å²) in [7, 11) is 0. The molecule has 0 spiro atoms. The fourth-order valence-electron chi connectivity index (χ4n) is 4.87. The van der Waals surface area contributed by atoms with Gasteiger partial charge in [0, 0.05) is 17.0 Å². The molecule has 1 aliphatic carbocycles. The number of nitrogens with zero attached hydrogens (tertiary/aromatic N) is 2.